The molecular weight excluding hydrogens is 452 g/mol. The zero-order valence-corrected chi connectivity index (χ0v) is 19.2. The number of primary amides is 1. The molecule has 0 unspecified atom stereocenters. The van der Waals surface area contributed by atoms with Crippen LogP contribution in [-0.2, 0) is 11.3 Å². The van der Waals surface area contributed by atoms with E-state index in [1.807, 2.05) is 24.3 Å². The average molecular weight is 478 g/mol. The minimum atomic E-state index is -2.73. The van der Waals surface area contributed by atoms with Gasteiger partial charge in [0.15, 0.2) is 0 Å². The van der Waals surface area contributed by atoms with Crippen LogP contribution in [0.4, 0.5) is 26.0 Å². The first-order valence-electron chi connectivity index (χ1n) is 11.5. The van der Waals surface area contributed by atoms with E-state index >= 15 is 0 Å². The van der Waals surface area contributed by atoms with Crippen molar-refractivity contribution in [2.24, 2.45) is 17.6 Å². The number of nitrogens with zero attached hydrogens (tertiary/aromatic N) is 3. The Morgan fingerprint density at radius 2 is 1.94 bits per heavy atom. The summed E-state index contributed by atoms with van der Waals surface area (Å²) in [5.41, 5.74) is 9.14. The van der Waals surface area contributed by atoms with Crippen molar-refractivity contribution in [1.82, 2.24) is 9.97 Å². The number of anilines is 3. The third-order valence-electron chi connectivity index (χ3n) is 6.82. The molecule has 0 spiro atoms. The van der Waals surface area contributed by atoms with Crippen molar-refractivity contribution in [3.8, 4) is 11.1 Å². The number of carbonyl (C=O) groups excluding carboxylic acids is 2. The molecule has 2 aromatic heterocycles. The molecule has 2 atom stereocenters. The lowest BCUT2D eigenvalue weighted by molar-refractivity contribution is -0.130. The fourth-order valence-corrected chi connectivity index (χ4v) is 4.94. The number of nitrogens with one attached hydrogen (secondary N) is 1. The number of halogens is 2. The Kier molecular flexibility index (Phi) is 5.70. The second-order valence-electron chi connectivity index (χ2n) is 9.27. The Balaban J connectivity index is 1.55. The molecule has 7 nitrogen and oxygen atoms in total. The second-order valence-corrected chi connectivity index (χ2v) is 9.27. The predicted molar refractivity (Wildman–Crippen MR) is 128 cm³/mol. The van der Waals surface area contributed by atoms with Gasteiger partial charge in [-0.25, -0.2) is 13.8 Å². The van der Waals surface area contributed by atoms with Gasteiger partial charge in [0.05, 0.1) is 17.9 Å². The molecule has 35 heavy (non-hydrogen) atoms. The number of pyridine rings is 2. The molecular formula is C26H25F2N5O2. The molecule has 9 heteroatoms. The van der Waals surface area contributed by atoms with E-state index in [2.05, 4.69) is 15.3 Å². The number of benzene rings is 1. The van der Waals surface area contributed by atoms with Gasteiger partial charge in [-0.15, -0.1) is 0 Å². The highest BCUT2D eigenvalue weighted by molar-refractivity contribution is 6.00. The first kappa shape index (κ1) is 22.9. The Morgan fingerprint density at radius 1 is 1.14 bits per heavy atom. The molecule has 2 amide bonds. The summed E-state index contributed by atoms with van der Waals surface area (Å²) in [6.45, 7) is 1.99. The molecule has 0 bridgehead atoms. The zero-order valence-electron chi connectivity index (χ0n) is 19.2. The smallest absolute Gasteiger partial charge is 0.267 e. The fourth-order valence-electron chi connectivity index (χ4n) is 4.94. The molecule has 1 fully saturated rings. The molecule has 1 aromatic carbocycles. The number of fused-ring (bicyclic) bond motifs is 2. The number of carbonyl (C=O) groups is 2. The van der Waals surface area contributed by atoms with Crippen LogP contribution in [0.3, 0.4) is 0 Å². The minimum Gasteiger partial charge on any atom is -0.364 e. The van der Waals surface area contributed by atoms with Crippen LogP contribution < -0.4 is 16.0 Å². The van der Waals surface area contributed by atoms with E-state index in [9.17, 15) is 18.4 Å². The van der Waals surface area contributed by atoms with Gasteiger partial charge >= 0.3 is 0 Å². The zero-order chi connectivity index (χ0) is 24.7. The van der Waals surface area contributed by atoms with Crippen molar-refractivity contribution >= 4 is 29.0 Å². The van der Waals surface area contributed by atoms with Crippen LogP contribution in [0, 0.1) is 11.8 Å². The van der Waals surface area contributed by atoms with Gasteiger partial charge in [-0.05, 0) is 42.2 Å². The lowest BCUT2D eigenvalue weighted by atomic mass is 9.77. The maximum Gasteiger partial charge on any atom is 0.267 e. The Labute approximate surface area is 201 Å². The summed E-state index contributed by atoms with van der Waals surface area (Å²) in [5, 5.41) is 3.32. The summed E-state index contributed by atoms with van der Waals surface area (Å²) in [7, 11) is 0. The molecule has 180 valence electrons. The van der Waals surface area contributed by atoms with Crippen molar-refractivity contribution in [3.63, 3.8) is 0 Å². The van der Waals surface area contributed by atoms with Crippen LogP contribution in [0.1, 0.15) is 42.2 Å². The summed E-state index contributed by atoms with van der Waals surface area (Å²) < 4.78 is 28.0. The summed E-state index contributed by atoms with van der Waals surface area (Å²) in [6.07, 6.45) is 2.79. The largest absolute Gasteiger partial charge is 0.364 e. The molecule has 2 aliphatic rings. The Morgan fingerprint density at radius 3 is 2.66 bits per heavy atom. The Hall–Kier alpha value is -3.88. The van der Waals surface area contributed by atoms with Crippen molar-refractivity contribution < 1.29 is 18.4 Å². The van der Waals surface area contributed by atoms with Crippen molar-refractivity contribution in [3.05, 3.63) is 66.1 Å². The molecule has 3 N–H and O–H groups in total. The molecule has 0 saturated heterocycles. The average Bonchev–Trinajstić information content (AvgIpc) is 2.99. The SMILES string of the molecule is C[C@@H]1CC(F)(F)CC[C@H]1C(=O)N1Cc2cccnc2Nc2ccc(-c3ccc(C(N)=O)nc3)cc21. The highest BCUT2D eigenvalue weighted by Crippen LogP contribution is 2.43. The lowest BCUT2D eigenvalue weighted by Crippen LogP contribution is -2.42. The van der Waals surface area contributed by atoms with Gasteiger partial charge in [-0.3, -0.25) is 14.6 Å². The predicted octanol–water partition coefficient (Wildman–Crippen LogP) is 4.90. The van der Waals surface area contributed by atoms with Crippen LogP contribution >= 0.6 is 0 Å². The minimum absolute atomic E-state index is 0.143. The number of aromatic nitrogens is 2. The van der Waals surface area contributed by atoms with E-state index in [4.69, 9.17) is 5.73 Å². The van der Waals surface area contributed by atoms with Crippen LogP contribution in [0.25, 0.3) is 11.1 Å². The third-order valence-corrected chi connectivity index (χ3v) is 6.82. The number of alkyl halides is 2. The number of amides is 2. The standard InChI is InChI=1S/C26H25F2N5O2/c1-15-12-26(27,28)9-8-19(15)25(35)33-14-18-3-2-10-30-24(18)32-20-6-4-16(11-22(20)33)17-5-7-21(23(29)34)31-13-17/h2-7,10-11,13,15,19H,8-9,12,14H2,1H3,(H2,29,34)(H,30,32)/t15-,19-/m1/s1. The molecule has 0 radical (unpaired) electrons. The highest BCUT2D eigenvalue weighted by atomic mass is 19.3. The maximum atomic E-state index is 14.0. The first-order valence-corrected chi connectivity index (χ1v) is 11.5. The van der Waals surface area contributed by atoms with Crippen LogP contribution in [-0.4, -0.2) is 27.7 Å². The molecule has 3 aromatic rings. The van der Waals surface area contributed by atoms with Crippen molar-refractivity contribution in [1.29, 1.82) is 0 Å². The topological polar surface area (TPSA) is 101 Å². The fraction of sp³-hybridized carbons (Fsp3) is 0.308. The summed E-state index contributed by atoms with van der Waals surface area (Å²) >= 11 is 0. The van der Waals surface area contributed by atoms with Crippen LogP contribution in [0.5, 0.6) is 0 Å². The van der Waals surface area contributed by atoms with Gasteiger partial charge in [0.2, 0.25) is 11.8 Å². The summed E-state index contributed by atoms with van der Waals surface area (Å²) in [5.74, 6) is -3.81. The summed E-state index contributed by atoms with van der Waals surface area (Å²) in [4.78, 5) is 35.4. The van der Waals surface area contributed by atoms with Crippen molar-refractivity contribution in [2.45, 2.75) is 38.7 Å². The molecule has 5 rings (SSSR count). The van der Waals surface area contributed by atoms with Gasteiger partial charge in [-0.1, -0.05) is 25.1 Å². The molecule has 1 saturated carbocycles. The monoisotopic (exact) mass is 477 g/mol. The van der Waals surface area contributed by atoms with E-state index in [1.165, 1.54) is 0 Å². The Bertz CT molecular complexity index is 1300. The van der Waals surface area contributed by atoms with Gasteiger partial charge < -0.3 is 16.0 Å². The highest BCUT2D eigenvalue weighted by Gasteiger charge is 2.44. The first-order chi connectivity index (χ1) is 16.7. The second kappa shape index (κ2) is 8.72. The maximum absolute atomic E-state index is 14.0. The summed E-state index contributed by atoms with van der Waals surface area (Å²) in [6, 6.07) is 12.6. The molecule has 1 aliphatic heterocycles. The normalized spacial score (nSPS) is 20.7. The van der Waals surface area contributed by atoms with E-state index in [-0.39, 0.29) is 37.4 Å². The quantitative estimate of drug-likeness (QED) is 0.559. The van der Waals surface area contributed by atoms with E-state index in [0.717, 1.165) is 16.7 Å². The van der Waals surface area contributed by atoms with Crippen LogP contribution in [0.2, 0.25) is 0 Å². The third kappa shape index (κ3) is 4.45. The molecule has 3 heterocycles. The van der Waals surface area contributed by atoms with Gasteiger partial charge in [0, 0.05) is 42.3 Å². The lowest BCUT2D eigenvalue weighted by Gasteiger charge is -2.36. The van der Waals surface area contributed by atoms with E-state index in [0.29, 0.717) is 17.2 Å². The van der Waals surface area contributed by atoms with Gasteiger partial charge in [-0.2, -0.15) is 0 Å². The van der Waals surface area contributed by atoms with E-state index < -0.39 is 23.7 Å². The number of hydrogen-bond acceptors (Lipinski definition) is 5. The molecule has 1 aliphatic carbocycles. The number of nitrogens with two attached hydrogens (primary N) is 1. The number of rotatable bonds is 3. The van der Waals surface area contributed by atoms with Crippen LogP contribution in [0.15, 0.2) is 54.9 Å². The van der Waals surface area contributed by atoms with Gasteiger partial charge in [0.25, 0.3) is 5.91 Å². The van der Waals surface area contributed by atoms with E-state index in [1.54, 1.807) is 42.4 Å². The van der Waals surface area contributed by atoms with Gasteiger partial charge in [0.1, 0.15) is 11.5 Å². The number of hydrogen-bond donors (Lipinski definition) is 2. The van der Waals surface area contributed by atoms with Crippen molar-refractivity contribution in [2.75, 3.05) is 10.2 Å².